The number of hydrogen-bond acceptors (Lipinski definition) is 3. The Labute approximate surface area is 117 Å². The van der Waals surface area contributed by atoms with E-state index in [4.69, 9.17) is 4.98 Å². The van der Waals surface area contributed by atoms with Crippen LogP contribution in [-0.4, -0.2) is 27.6 Å². The Kier molecular flexibility index (Phi) is 2.70. The van der Waals surface area contributed by atoms with Crippen molar-refractivity contribution in [3.8, 4) is 0 Å². The maximum absolute atomic E-state index is 4.71. The van der Waals surface area contributed by atoms with E-state index in [0.717, 1.165) is 29.9 Å². The van der Waals surface area contributed by atoms with Crippen LogP contribution < -0.4 is 5.32 Å². The second kappa shape index (κ2) is 4.56. The lowest BCUT2D eigenvalue weighted by Gasteiger charge is -2.26. The Morgan fingerprint density at radius 2 is 2.15 bits per heavy atom. The fourth-order valence-electron chi connectivity index (χ4n) is 3.34. The monoisotopic (exact) mass is 266 g/mol. The normalized spacial score (nSPS) is 19.8. The molecule has 3 heterocycles. The summed E-state index contributed by atoms with van der Waals surface area (Å²) in [5.74, 6) is 1.09. The highest BCUT2D eigenvalue weighted by Gasteiger charge is 2.20. The number of aryl methyl sites for hydroxylation is 1. The molecule has 1 fully saturated rings. The minimum atomic E-state index is 0.500. The first-order valence-electron chi connectivity index (χ1n) is 7.27. The van der Waals surface area contributed by atoms with Gasteiger partial charge >= 0.3 is 0 Å². The Morgan fingerprint density at radius 3 is 3.00 bits per heavy atom. The van der Waals surface area contributed by atoms with Gasteiger partial charge in [-0.15, -0.1) is 0 Å². The molecule has 1 aromatic carbocycles. The molecule has 0 saturated carbocycles. The fourth-order valence-corrected chi connectivity index (χ4v) is 3.34. The van der Waals surface area contributed by atoms with E-state index in [-0.39, 0.29) is 0 Å². The van der Waals surface area contributed by atoms with Gasteiger partial charge in [0.2, 0.25) is 0 Å². The molecule has 20 heavy (non-hydrogen) atoms. The zero-order chi connectivity index (χ0) is 13.5. The Hall–Kier alpha value is -1.94. The quantitative estimate of drug-likeness (QED) is 0.736. The number of hydrogen-bond donors (Lipinski definition) is 1. The van der Waals surface area contributed by atoms with Crippen molar-refractivity contribution in [2.24, 2.45) is 0 Å². The molecule has 4 nitrogen and oxygen atoms in total. The largest absolute Gasteiger partial charge is 0.323 e. The van der Waals surface area contributed by atoms with Crippen LogP contribution >= 0.6 is 0 Å². The first-order chi connectivity index (χ1) is 9.84. The summed E-state index contributed by atoms with van der Waals surface area (Å²) in [4.78, 5) is 9.23. The first kappa shape index (κ1) is 11.9. The van der Waals surface area contributed by atoms with Crippen LogP contribution in [0.5, 0.6) is 0 Å². The summed E-state index contributed by atoms with van der Waals surface area (Å²) < 4.78 is 2.41. The molecule has 1 aliphatic heterocycles. The summed E-state index contributed by atoms with van der Waals surface area (Å²) in [6.07, 6.45) is 4.35. The zero-order valence-electron chi connectivity index (χ0n) is 11.6. The van der Waals surface area contributed by atoms with E-state index in [0.29, 0.717) is 6.04 Å². The number of pyridine rings is 1. The third kappa shape index (κ3) is 1.72. The van der Waals surface area contributed by atoms with E-state index in [1.54, 1.807) is 0 Å². The van der Waals surface area contributed by atoms with Crippen LogP contribution in [0.3, 0.4) is 0 Å². The summed E-state index contributed by atoms with van der Waals surface area (Å²) in [5.41, 5.74) is 3.29. The standard InChI is InChI=1S/C16H18N4/c1-11-19-15-10-18-14-7-3-2-6-13(14)16(15)20(11)12-5-4-8-17-9-12/h2-3,6-7,10,12,17H,4-5,8-9H2,1H3. The number of imidazole rings is 1. The van der Waals surface area contributed by atoms with Gasteiger partial charge in [-0.2, -0.15) is 0 Å². The van der Waals surface area contributed by atoms with Gasteiger partial charge in [0.15, 0.2) is 0 Å². The number of piperidine rings is 1. The van der Waals surface area contributed by atoms with Gasteiger partial charge in [-0.25, -0.2) is 4.98 Å². The molecule has 4 heteroatoms. The smallest absolute Gasteiger partial charge is 0.108 e. The molecule has 3 aromatic rings. The minimum absolute atomic E-state index is 0.500. The highest BCUT2D eigenvalue weighted by atomic mass is 15.1. The van der Waals surface area contributed by atoms with E-state index < -0.39 is 0 Å². The number of para-hydroxylation sites is 1. The van der Waals surface area contributed by atoms with Crippen LogP contribution in [0.25, 0.3) is 21.9 Å². The topological polar surface area (TPSA) is 42.7 Å². The molecule has 0 amide bonds. The maximum Gasteiger partial charge on any atom is 0.108 e. The van der Waals surface area contributed by atoms with Crippen LogP contribution in [0.15, 0.2) is 30.5 Å². The van der Waals surface area contributed by atoms with E-state index in [2.05, 4.69) is 40.0 Å². The maximum atomic E-state index is 4.71. The van der Waals surface area contributed by atoms with E-state index in [1.165, 1.54) is 23.7 Å². The first-order valence-corrected chi connectivity index (χ1v) is 7.27. The summed E-state index contributed by atoms with van der Waals surface area (Å²) in [5, 5.41) is 4.70. The number of fused-ring (bicyclic) bond motifs is 3. The molecule has 0 spiro atoms. The third-order valence-electron chi connectivity index (χ3n) is 4.24. The van der Waals surface area contributed by atoms with Gasteiger partial charge in [-0.05, 0) is 32.4 Å². The van der Waals surface area contributed by atoms with Gasteiger partial charge < -0.3 is 9.88 Å². The summed E-state index contributed by atoms with van der Waals surface area (Å²) in [6, 6.07) is 8.84. The third-order valence-corrected chi connectivity index (χ3v) is 4.24. The van der Waals surface area contributed by atoms with Crippen molar-refractivity contribution in [1.29, 1.82) is 0 Å². The average molecular weight is 266 g/mol. The van der Waals surface area contributed by atoms with Crippen LogP contribution in [-0.2, 0) is 0 Å². The number of nitrogens with zero attached hydrogens (tertiary/aromatic N) is 3. The van der Waals surface area contributed by atoms with Crippen molar-refractivity contribution in [3.63, 3.8) is 0 Å². The number of nitrogens with one attached hydrogen (secondary N) is 1. The lowest BCUT2D eigenvalue weighted by molar-refractivity contribution is 0.373. The lowest BCUT2D eigenvalue weighted by atomic mass is 10.1. The lowest BCUT2D eigenvalue weighted by Crippen LogP contribution is -2.32. The van der Waals surface area contributed by atoms with Gasteiger partial charge in [0.05, 0.1) is 17.2 Å². The van der Waals surface area contributed by atoms with Crippen molar-refractivity contribution in [2.45, 2.75) is 25.8 Å². The molecule has 0 radical (unpaired) electrons. The van der Waals surface area contributed by atoms with Crippen LogP contribution in [0.4, 0.5) is 0 Å². The molecular formula is C16H18N4. The van der Waals surface area contributed by atoms with Crippen molar-refractivity contribution < 1.29 is 0 Å². The molecule has 1 aliphatic rings. The highest BCUT2D eigenvalue weighted by molar-refractivity contribution is 6.02. The van der Waals surface area contributed by atoms with Gasteiger partial charge in [-0.1, -0.05) is 18.2 Å². The SMILES string of the molecule is Cc1nc2cnc3ccccc3c2n1C1CCCNC1. The Morgan fingerprint density at radius 1 is 1.25 bits per heavy atom. The second-order valence-electron chi connectivity index (χ2n) is 5.54. The molecule has 0 bridgehead atoms. The number of aromatic nitrogens is 3. The number of rotatable bonds is 1. The molecule has 1 saturated heterocycles. The molecule has 1 N–H and O–H groups in total. The summed E-state index contributed by atoms with van der Waals surface area (Å²) >= 11 is 0. The van der Waals surface area contributed by atoms with Crippen LogP contribution in [0, 0.1) is 6.92 Å². The van der Waals surface area contributed by atoms with E-state index in [9.17, 15) is 0 Å². The minimum Gasteiger partial charge on any atom is -0.323 e. The van der Waals surface area contributed by atoms with Crippen LogP contribution in [0.1, 0.15) is 24.7 Å². The Bertz CT molecular complexity index is 769. The molecule has 2 aromatic heterocycles. The molecule has 0 aliphatic carbocycles. The molecule has 1 unspecified atom stereocenters. The van der Waals surface area contributed by atoms with Gasteiger partial charge in [-0.3, -0.25) is 4.98 Å². The molecular weight excluding hydrogens is 248 g/mol. The number of benzene rings is 1. The fraction of sp³-hybridized carbons (Fsp3) is 0.375. The van der Waals surface area contributed by atoms with Crippen molar-refractivity contribution in [2.75, 3.05) is 13.1 Å². The van der Waals surface area contributed by atoms with Gasteiger partial charge in [0.25, 0.3) is 0 Å². The molecule has 1 atom stereocenters. The van der Waals surface area contributed by atoms with E-state index >= 15 is 0 Å². The second-order valence-corrected chi connectivity index (χ2v) is 5.54. The van der Waals surface area contributed by atoms with Crippen molar-refractivity contribution in [3.05, 3.63) is 36.3 Å². The van der Waals surface area contributed by atoms with E-state index in [1.807, 2.05) is 12.3 Å². The zero-order valence-corrected chi connectivity index (χ0v) is 11.6. The predicted octanol–water partition coefficient (Wildman–Crippen LogP) is 2.82. The summed E-state index contributed by atoms with van der Waals surface area (Å²) in [7, 11) is 0. The Balaban J connectivity index is 2.03. The van der Waals surface area contributed by atoms with Crippen molar-refractivity contribution in [1.82, 2.24) is 19.9 Å². The summed E-state index contributed by atoms with van der Waals surface area (Å²) in [6.45, 7) is 4.26. The molecule has 4 rings (SSSR count). The molecule has 102 valence electrons. The van der Waals surface area contributed by atoms with Crippen molar-refractivity contribution >= 4 is 21.9 Å². The van der Waals surface area contributed by atoms with Crippen LogP contribution in [0.2, 0.25) is 0 Å². The average Bonchev–Trinajstić information content (AvgIpc) is 2.84. The highest BCUT2D eigenvalue weighted by Crippen LogP contribution is 2.29. The predicted molar refractivity (Wildman–Crippen MR) is 80.9 cm³/mol. The van der Waals surface area contributed by atoms with Gasteiger partial charge in [0.1, 0.15) is 11.3 Å². The van der Waals surface area contributed by atoms with Gasteiger partial charge in [0, 0.05) is 18.0 Å².